The van der Waals surface area contributed by atoms with Gasteiger partial charge in [-0.15, -0.1) is 0 Å². The highest BCUT2D eigenvalue weighted by Crippen LogP contribution is 2.39. The van der Waals surface area contributed by atoms with Crippen LogP contribution in [0.4, 0.5) is 0 Å². The quantitative estimate of drug-likeness (QED) is 0.155. The van der Waals surface area contributed by atoms with Crippen LogP contribution in [0.1, 0.15) is 0 Å². The summed E-state index contributed by atoms with van der Waals surface area (Å²) in [5.41, 5.74) is 0. The molecule has 5 heteroatoms. The molecule has 0 spiro atoms. The van der Waals surface area contributed by atoms with E-state index in [2.05, 4.69) is 97.1 Å². The molecule has 6 aromatic rings. The minimum absolute atomic E-state index is 0.741. The average molecular weight is 571 g/mol. The Labute approximate surface area is 243 Å². The van der Waals surface area contributed by atoms with Crippen molar-refractivity contribution in [1.82, 2.24) is 0 Å². The first kappa shape index (κ1) is 26.8. The second kappa shape index (κ2) is 13.3. The number of hydrogen-bond donors (Lipinski definition) is 0. The molecule has 0 unspecified atom stereocenters. The van der Waals surface area contributed by atoms with Crippen molar-refractivity contribution >= 4 is 37.5 Å². The van der Waals surface area contributed by atoms with E-state index in [1.807, 2.05) is 72.8 Å². The predicted octanol–water partition coefficient (Wildman–Crippen LogP) is 8.33. The molecule has 0 radical (unpaired) electrons. The molecule has 0 fully saturated rings. The normalized spacial score (nSPS) is 10.9. The van der Waals surface area contributed by atoms with E-state index in [4.69, 9.17) is 13.8 Å². The van der Waals surface area contributed by atoms with Gasteiger partial charge >= 0.3 is 0 Å². The van der Waals surface area contributed by atoms with Crippen LogP contribution in [0.5, 0.6) is 23.0 Å². The topological polar surface area (TPSA) is 27.7 Å². The molecule has 0 atom stereocenters. The summed E-state index contributed by atoms with van der Waals surface area (Å²) in [6.07, 6.45) is 0. The maximum Gasteiger partial charge on any atom is 0.150 e. The van der Waals surface area contributed by atoms with Crippen LogP contribution in [0.25, 0.3) is 0 Å². The molecule has 0 amide bonds. The Morgan fingerprint density at radius 2 is 0.512 bits per heavy atom. The lowest BCUT2D eigenvalue weighted by atomic mass is 10.3. The number of hydrogen-bond acceptors (Lipinski definition) is 3. The van der Waals surface area contributed by atoms with E-state index in [0.29, 0.717) is 0 Å². The molecular formula is C36H28O3P2. The van der Waals surface area contributed by atoms with Gasteiger partial charge in [0, 0.05) is 21.2 Å². The van der Waals surface area contributed by atoms with Gasteiger partial charge < -0.3 is 13.8 Å². The molecule has 0 saturated carbocycles. The third-order valence-corrected chi connectivity index (χ3v) is 10.1. The van der Waals surface area contributed by atoms with Gasteiger partial charge in [-0.05, 0) is 48.5 Å². The van der Waals surface area contributed by atoms with Crippen LogP contribution >= 0.6 is 16.3 Å². The molecule has 0 N–H and O–H groups in total. The van der Waals surface area contributed by atoms with E-state index in [-0.39, 0.29) is 0 Å². The molecule has 0 aliphatic heterocycles. The highest BCUT2D eigenvalue weighted by Gasteiger charge is 2.18. The summed E-state index contributed by atoms with van der Waals surface area (Å²) < 4.78 is 19.2. The summed E-state index contributed by atoms with van der Waals surface area (Å²) in [6.45, 7) is 0. The zero-order valence-corrected chi connectivity index (χ0v) is 24.1. The van der Waals surface area contributed by atoms with Gasteiger partial charge in [0.1, 0.15) is 23.0 Å². The Morgan fingerprint density at radius 3 is 0.780 bits per heavy atom. The summed E-state index contributed by atoms with van der Waals surface area (Å²) >= 11 is 0. The predicted molar refractivity (Wildman–Crippen MR) is 172 cm³/mol. The lowest BCUT2D eigenvalue weighted by Crippen LogP contribution is -2.15. The van der Waals surface area contributed by atoms with Gasteiger partial charge in [-0.25, -0.2) is 0 Å². The van der Waals surface area contributed by atoms with E-state index in [0.717, 1.165) is 23.0 Å². The lowest BCUT2D eigenvalue weighted by Gasteiger charge is -2.20. The molecular weight excluding hydrogens is 542 g/mol. The smallest absolute Gasteiger partial charge is 0.150 e. The van der Waals surface area contributed by atoms with E-state index in [1.165, 1.54) is 21.2 Å². The fourth-order valence-electron chi connectivity index (χ4n) is 4.25. The van der Waals surface area contributed by atoms with Crippen molar-refractivity contribution in [3.63, 3.8) is 0 Å². The summed E-state index contributed by atoms with van der Waals surface area (Å²) in [5, 5.41) is 4.66. The Balaban J connectivity index is 1.13. The molecule has 6 rings (SSSR count). The molecule has 0 saturated heterocycles. The standard InChI is InChI=1S/C36H28O3P2/c1-5-13-33(14-6-1)40(34-15-7-2-8-16-34)38-31-25-21-29(22-26-31)37-30-23-27-32(28-24-30)39-41(35-17-9-3-10-18-35)36-19-11-4-12-20-36/h1-28H. The number of benzene rings is 6. The Morgan fingerprint density at radius 1 is 0.268 bits per heavy atom. The Bertz CT molecular complexity index is 1420. The first-order valence-corrected chi connectivity index (χ1v) is 15.9. The van der Waals surface area contributed by atoms with Crippen LogP contribution < -0.4 is 35.0 Å². The van der Waals surface area contributed by atoms with Gasteiger partial charge in [0.15, 0.2) is 16.3 Å². The van der Waals surface area contributed by atoms with Crippen LogP contribution in [-0.4, -0.2) is 0 Å². The highest BCUT2D eigenvalue weighted by molar-refractivity contribution is 7.69. The van der Waals surface area contributed by atoms with Crippen molar-refractivity contribution in [3.05, 3.63) is 170 Å². The summed E-state index contributed by atoms with van der Waals surface area (Å²) in [7, 11) is -1.97. The third kappa shape index (κ3) is 7.02. The molecule has 6 aromatic carbocycles. The largest absolute Gasteiger partial charge is 0.464 e. The van der Waals surface area contributed by atoms with E-state index >= 15 is 0 Å². The van der Waals surface area contributed by atoms with Crippen LogP contribution in [0.15, 0.2) is 170 Å². The Kier molecular flexibility index (Phi) is 8.68. The lowest BCUT2D eigenvalue weighted by molar-refractivity contribution is 0.480. The van der Waals surface area contributed by atoms with Gasteiger partial charge in [-0.1, -0.05) is 121 Å². The maximum atomic E-state index is 6.51. The maximum absolute atomic E-state index is 6.51. The third-order valence-electron chi connectivity index (χ3n) is 6.24. The highest BCUT2D eigenvalue weighted by atomic mass is 31.1. The minimum atomic E-state index is -0.983. The van der Waals surface area contributed by atoms with Gasteiger partial charge in [-0.2, -0.15) is 0 Å². The molecule has 41 heavy (non-hydrogen) atoms. The SMILES string of the molecule is c1ccc(P(Oc2ccc(Oc3ccc(OP(c4ccccc4)c4ccccc4)cc3)cc2)c2ccccc2)cc1. The van der Waals surface area contributed by atoms with Crippen molar-refractivity contribution in [2.24, 2.45) is 0 Å². The molecule has 200 valence electrons. The van der Waals surface area contributed by atoms with Crippen LogP contribution in [0.3, 0.4) is 0 Å². The summed E-state index contributed by atoms with van der Waals surface area (Å²) in [6, 6.07) is 57.0. The second-order valence-electron chi connectivity index (χ2n) is 9.16. The molecule has 0 aromatic heterocycles. The van der Waals surface area contributed by atoms with Gasteiger partial charge in [0.05, 0.1) is 0 Å². The first-order valence-electron chi connectivity index (χ1n) is 13.4. The number of rotatable bonds is 10. The average Bonchev–Trinajstić information content (AvgIpc) is 3.06. The van der Waals surface area contributed by atoms with E-state index in [1.54, 1.807) is 0 Å². The number of ether oxygens (including phenoxy) is 1. The van der Waals surface area contributed by atoms with Gasteiger partial charge in [0.2, 0.25) is 0 Å². The van der Waals surface area contributed by atoms with Crippen molar-refractivity contribution in [2.75, 3.05) is 0 Å². The van der Waals surface area contributed by atoms with Crippen molar-refractivity contribution in [2.45, 2.75) is 0 Å². The van der Waals surface area contributed by atoms with Crippen LogP contribution in [0.2, 0.25) is 0 Å². The van der Waals surface area contributed by atoms with Gasteiger partial charge in [0.25, 0.3) is 0 Å². The van der Waals surface area contributed by atoms with Crippen molar-refractivity contribution in [1.29, 1.82) is 0 Å². The van der Waals surface area contributed by atoms with Gasteiger partial charge in [-0.3, -0.25) is 0 Å². The van der Waals surface area contributed by atoms with Crippen LogP contribution in [0, 0.1) is 0 Å². The summed E-state index contributed by atoms with van der Waals surface area (Å²) in [4.78, 5) is 0. The van der Waals surface area contributed by atoms with Crippen molar-refractivity contribution in [3.8, 4) is 23.0 Å². The van der Waals surface area contributed by atoms with Crippen LogP contribution in [-0.2, 0) is 0 Å². The minimum Gasteiger partial charge on any atom is -0.464 e. The Hall–Kier alpha value is -4.42. The fourth-order valence-corrected chi connectivity index (χ4v) is 7.70. The van der Waals surface area contributed by atoms with Crippen molar-refractivity contribution < 1.29 is 13.8 Å². The van der Waals surface area contributed by atoms with E-state index in [9.17, 15) is 0 Å². The monoisotopic (exact) mass is 570 g/mol. The molecule has 0 aliphatic rings. The summed E-state index contributed by atoms with van der Waals surface area (Å²) in [5.74, 6) is 3.08. The fraction of sp³-hybridized carbons (Fsp3) is 0. The zero-order valence-electron chi connectivity index (χ0n) is 22.3. The molecule has 0 heterocycles. The second-order valence-corrected chi connectivity index (χ2v) is 12.8. The molecule has 0 aliphatic carbocycles. The van der Waals surface area contributed by atoms with E-state index < -0.39 is 16.3 Å². The molecule has 3 nitrogen and oxygen atoms in total. The molecule has 0 bridgehead atoms. The zero-order chi connectivity index (χ0) is 27.7. The first-order chi connectivity index (χ1) is 20.3.